The number of ether oxygens (including phenoxy) is 3. The normalized spacial score (nSPS) is 17.5. The fourth-order valence-electron chi connectivity index (χ4n) is 2.43. The standard InChI is InChI=1S/C18H21NO4/c20-14(12-21-15-6-2-1-3-7-15)10-19-11-16-13-22-17-8-4-5-9-18(17)23-16/h1-9,14,16,19-20H,10-13H2/p+1/t14-,16+/m1/s1. The summed E-state index contributed by atoms with van der Waals surface area (Å²) in [7, 11) is 0. The van der Waals surface area contributed by atoms with Gasteiger partial charge in [-0.05, 0) is 24.3 Å². The summed E-state index contributed by atoms with van der Waals surface area (Å²) < 4.78 is 17.1. The summed E-state index contributed by atoms with van der Waals surface area (Å²) in [6.45, 7) is 2.11. The van der Waals surface area contributed by atoms with Crippen LogP contribution in [-0.4, -0.2) is 43.6 Å². The molecule has 0 aliphatic carbocycles. The molecule has 3 rings (SSSR count). The third kappa shape index (κ3) is 4.61. The smallest absolute Gasteiger partial charge is 0.181 e. The monoisotopic (exact) mass is 316 g/mol. The molecule has 23 heavy (non-hydrogen) atoms. The second-order valence-electron chi connectivity index (χ2n) is 5.54. The molecule has 2 atom stereocenters. The lowest BCUT2D eigenvalue weighted by Gasteiger charge is -2.25. The van der Waals surface area contributed by atoms with Crippen LogP contribution in [0.4, 0.5) is 0 Å². The lowest BCUT2D eigenvalue weighted by atomic mass is 10.2. The van der Waals surface area contributed by atoms with Crippen LogP contribution in [0.1, 0.15) is 0 Å². The SMILES string of the molecule is O[C@H](C[NH2+]C[C@H]1COc2ccccc2O1)COc1ccccc1. The summed E-state index contributed by atoms with van der Waals surface area (Å²) in [4.78, 5) is 0. The van der Waals surface area contributed by atoms with Crippen molar-refractivity contribution in [3.05, 3.63) is 54.6 Å². The lowest BCUT2D eigenvalue weighted by Crippen LogP contribution is -2.89. The Labute approximate surface area is 135 Å². The number of aliphatic hydroxyl groups excluding tert-OH is 1. The van der Waals surface area contributed by atoms with Crippen LogP contribution in [0.15, 0.2) is 54.6 Å². The predicted octanol–water partition coefficient (Wildman–Crippen LogP) is 0.830. The van der Waals surface area contributed by atoms with Crippen LogP contribution in [0.3, 0.4) is 0 Å². The first-order valence-corrected chi connectivity index (χ1v) is 7.87. The van der Waals surface area contributed by atoms with Gasteiger partial charge in [-0.1, -0.05) is 30.3 Å². The first kappa shape index (κ1) is 15.6. The van der Waals surface area contributed by atoms with Crippen molar-refractivity contribution in [1.29, 1.82) is 0 Å². The van der Waals surface area contributed by atoms with E-state index in [0.29, 0.717) is 13.2 Å². The van der Waals surface area contributed by atoms with Crippen LogP contribution in [0.5, 0.6) is 17.2 Å². The number of benzene rings is 2. The Morgan fingerprint density at radius 3 is 2.65 bits per heavy atom. The van der Waals surface area contributed by atoms with Crippen molar-refractivity contribution in [2.24, 2.45) is 0 Å². The highest BCUT2D eigenvalue weighted by molar-refractivity contribution is 5.40. The Kier molecular flexibility index (Phi) is 5.34. The van der Waals surface area contributed by atoms with Crippen molar-refractivity contribution < 1.29 is 24.6 Å². The number of nitrogens with two attached hydrogens (primary N) is 1. The number of rotatable bonds is 7. The van der Waals surface area contributed by atoms with Gasteiger partial charge in [0.2, 0.25) is 0 Å². The molecule has 1 aliphatic heterocycles. The van der Waals surface area contributed by atoms with E-state index in [1.807, 2.05) is 59.9 Å². The van der Waals surface area contributed by atoms with Gasteiger partial charge in [0.25, 0.3) is 0 Å². The molecule has 5 heteroatoms. The van der Waals surface area contributed by atoms with Crippen molar-refractivity contribution in [3.8, 4) is 17.2 Å². The summed E-state index contributed by atoms with van der Waals surface area (Å²) in [5, 5.41) is 12.0. The molecule has 1 heterocycles. The van der Waals surface area contributed by atoms with Gasteiger partial charge in [-0.25, -0.2) is 0 Å². The van der Waals surface area contributed by atoms with Gasteiger partial charge in [-0.2, -0.15) is 0 Å². The van der Waals surface area contributed by atoms with E-state index in [1.165, 1.54) is 0 Å². The highest BCUT2D eigenvalue weighted by atomic mass is 16.6. The molecule has 5 nitrogen and oxygen atoms in total. The van der Waals surface area contributed by atoms with Gasteiger partial charge in [0.05, 0.1) is 0 Å². The molecular weight excluding hydrogens is 294 g/mol. The maximum Gasteiger partial charge on any atom is 0.181 e. The largest absolute Gasteiger partial charge is 0.491 e. The minimum Gasteiger partial charge on any atom is -0.491 e. The van der Waals surface area contributed by atoms with E-state index in [1.54, 1.807) is 0 Å². The van der Waals surface area contributed by atoms with Crippen LogP contribution < -0.4 is 19.5 Å². The van der Waals surface area contributed by atoms with Crippen LogP contribution >= 0.6 is 0 Å². The minimum absolute atomic E-state index is 0.00728. The summed E-state index contributed by atoms with van der Waals surface area (Å²) in [6.07, 6.45) is -0.529. The lowest BCUT2D eigenvalue weighted by molar-refractivity contribution is -0.666. The highest BCUT2D eigenvalue weighted by Crippen LogP contribution is 2.30. The van der Waals surface area contributed by atoms with Gasteiger partial charge in [0.15, 0.2) is 17.6 Å². The van der Waals surface area contributed by atoms with E-state index in [-0.39, 0.29) is 12.7 Å². The summed E-state index contributed by atoms with van der Waals surface area (Å²) in [5.74, 6) is 2.34. The molecule has 122 valence electrons. The first-order chi connectivity index (χ1) is 11.3. The van der Waals surface area contributed by atoms with E-state index >= 15 is 0 Å². The van der Waals surface area contributed by atoms with Crippen LogP contribution in [0, 0.1) is 0 Å². The van der Waals surface area contributed by atoms with E-state index in [2.05, 4.69) is 0 Å². The van der Waals surface area contributed by atoms with E-state index in [4.69, 9.17) is 14.2 Å². The maximum absolute atomic E-state index is 9.97. The Bertz CT molecular complexity index is 605. The van der Waals surface area contributed by atoms with Crippen molar-refractivity contribution in [2.75, 3.05) is 26.3 Å². The van der Waals surface area contributed by atoms with E-state index < -0.39 is 6.10 Å². The van der Waals surface area contributed by atoms with Gasteiger partial charge in [-0.15, -0.1) is 0 Å². The van der Waals surface area contributed by atoms with Crippen molar-refractivity contribution in [2.45, 2.75) is 12.2 Å². The highest BCUT2D eigenvalue weighted by Gasteiger charge is 2.22. The van der Waals surface area contributed by atoms with E-state index in [9.17, 15) is 5.11 Å². The average molecular weight is 316 g/mol. The van der Waals surface area contributed by atoms with Crippen molar-refractivity contribution >= 4 is 0 Å². The third-order valence-corrected chi connectivity index (χ3v) is 3.62. The predicted molar refractivity (Wildman–Crippen MR) is 86.0 cm³/mol. The van der Waals surface area contributed by atoms with Crippen LogP contribution in [0.25, 0.3) is 0 Å². The number of quaternary nitrogens is 1. The van der Waals surface area contributed by atoms with E-state index in [0.717, 1.165) is 23.8 Å². The molecule has 0 saturated heterocycles. The molecule has 2 aromatic carbocycles. The number of hydrogen-bond donors (Lipinski definition) is 2. The molecule has 0 spiro atoms. The maximum atomic E-state index is 9.97. The Balaban J connectivity index is 1.35. The molecule has 2 aromatic rings. The quantitative estimate of drug-likeness (QED) is 0.794. The molecule has 3 N–H and O–H groups in total. The zero-order chi connectivity index (χ0) is 15.9. The Morgan fingerprint density at radius 1 is 1.09 bits per heavy atom. The Hall–Kier alpha value is -2.24. The molecular formula is C18H22NO4+. The molecule has 0 amide bonds. The second-order valence-corrected chi connectivity index (χ2v) is 5.54. The molecule has 0 saturated carbocycles. The number of aliphatic hydroxyl groups is 1. The minimum atomic E-state index is -0.521. The Morgan fingerprint density at radius 2 is 1.83 bits per heavy atom. The number of fused-ring (bicyclic) bond motifs is 1. The molecule has 0 unspecified atom stereocenters. The van der Waals surface area contributed by atoms with Crippen molar-refractivity contribution in [3.63, 3.8) is 0 Å². The molecule has 0 fully saturated rings. The molecule has 0 aromatic heterocycles. The fourth-order valence-corrected chi connectivity index (χ4v) is 2.43. The summed E-state index contributed by atoms with van der Waals surface area (Å²) in [5.41, 5.74) is 0. The molecule has 0 radical (unpaired) electrons. The number of hydrogen-bond acceptors (Lipinski definition) is 4. The topological polar surface area (TPSA) is 64.5 Å². The number of para-hydroxylation sites is 3. The van der Waals surface area contributed by atoms with Crippen molar-refractivity contribution in [1.82, 2.24) is 0 Å². The van der Waals surface area contributed by atoms with Crippen LogP contribution in [0.2, 0.25) is 0 Å². The van der Waals surface area contributed by atoms with Gasteiger partial charge < -0.3 is 24.6 Å². The molecule has 1 aliphatic rings. The second kappa shape index (κ2) is 7.85. The molecule has 0 bridgehead atoms. The zero-order valence-electron chi connectivity index (χ0n) is 12.9. The van der Waals surface area contributed by atoms with Gasteiger partial charge in [0.1, 0.15) is 38.2 Å². The van der Waals surface area contributed by atoms with Gasteiger partial charge in [0, 0.05) is 0 Å². The fraction of sp³-hybridized carbons (Fsp3) is 0.333. The van der Waals surface area contributed by atoms with Crippen LogP contribution in [-0.2, 0) is 0 Å². The third-order valence-electron chi connectivity index (χ3n) is 3.62. The first-order valence-electron chi connectivity index (χ1n) is 7.87. The van der Waals surface area contributed by atoms with Gasteiger partial charge in [-0.3, -0.25) is 0 Å². The van der Waals surface area contributed by atoms with Gasteiger partial charge >= 0.3 is 0 Å². The summed E-state index contributed by atoms with van der Waals surface area (Å²) in [6, 6.07) is 17.2. The summed E-state index contributed by atoms with van der Waals surface area (Å²) >= 11 is 0. The average Bonchev–Trinajstić information content (AvgIpc) is 2.61. The zero-order valence-corrected chi connectivity index (χ0v) is 12.9.